The van der Waals surface area contributed by atoms with Gasteiger partial charge in [-0.3, -0.25) is 15.8 Å². The van der Waals surface area contributed by atoms with Crippen LogP contribution in [0.4, 0.5) is 28.4 Å². The molecule has 7 aromatic rings. The molecular formula is C48H35N5. The summed E-state index contributed by atoms with van der Waals surface area (Å²) < 4.78 is 0. The molecule has 0 aliphatic carbocycles. The van der Waals surface area contributed by atoms with Crippen LogP contribution < -0.4 is 15.3 Å². The van der Waals surface area contributed by atoms with Crippen molar-refractivity contribution in [2.75, 3.05) is 9.91 Å². The lowest BCUT2D eigenvalue weighted by Gasteiger charge is -2.29. The van der Waals surface area contributed by atoms with Gasteiger partial charge in [-0.1, -0.05) is 158 Å². The van der Waals surface area contributed by atoms with E-state index in [-0.39, 0.29) is 5.84 Å². The van der Waals surface area contributed by atoms with E-state index in [4.69, 9.17) is 10.4 Å². The van der Waals surface area contributed by atoms with Crippen LogP contribution in [0.5, 0.6) is 0 Å². The number of hydrogen-bond acceptors (Lipinski definition) is 3. The van der Waals surface area contributed by atoms with Gasteiger partial charge in [-0.2, -0.15) is 0 Å². The lowest BCUT2D eigenvalue weighted by atomic mass is 9.98. The van der Waals surface area contributed by atoms with Crippen molar-refractivity contribution in [2.45, 2.75) is 0 Å². The van der Waals surface area contributed by atoms with Gasteiger partial charge in [0.05, 0.1) is 22.7 Å². The highest BCUT2D eigenvalue weighted by Crippen LogP contribution is 2.44. The first kappa shape index (κ1) is 31.7. The van der Waals surface area contributed by atoms with Crippen molar-refractivity contribution >= 4 is 64.4 Å². The van der Waals surface area contributed by atoms with E-state index in [1.165, 1.54) is 5.56 Å². The van der Waals surface area contributed by atoms with Gasteiger partial charge in [-0.25, -0.2) is 4.99 Å². The maximum absolute atomic E-state index is 8.91. The molecule has 2 aliphatic heterocycles. The van der Waals surface area contributed by atoms with Gasteiger partial charge in [0.2, 0.25) is 0 Å². The summed E-state index contributed by atoms with van der Waals surface area (Å²) in [6, 6.07) is 60.4. The highest BCUT2D eigenvalue weighted by atomic mass is 15.5. The molecule has 0 saturated heterocycles. The largest absolute Gasteiger partial charge is 0.309 e. The first-order valence-electron chi connectivity index (χ1n) is 17.7. The van der Waals surface area contributed by atoms with Crippen molar-refractivity contribution in [3.63, 3.8) is 0 Å². The van der Waals surface area contributed by atoms with Gasteiger partial charge in [0.25, 0.3) is 0 Å². The molecule has 0 radical (unpaired) electrons. The molecule has 2 aliphatic rings. The van der Waals surface area contributed by atoms with Crippen LogP contribution in [0.25, 0.3) is 35.4 Å². The van der Waals surface area contributed by atoms with Crippen molar-refractivity contribution < 1.29 is 0 Å². The molecule has 252 valence electrons. The average Bonchev–Trinajstić information content (AvgIpc) is 3.49. The fourth-order valence-electron chi connectivity index (χ4n) is 7.02. The minimum absolute atomic E-state index is 0.180. The third kappa shape index (κ3) is 6.21. The Morgan fingerprint density at radius 2 is 0.943 bits per heavy atom. The fraction of sp³-hybridized carbons (Fsp3) is 0. The average molecular weight is 682 g/mol. The Morgan fingerprint density at radius 1 is 0.434 bits per heavy atom. The van der Waals surface area contributed by atoms with E-state index < -0.39 is 0 Å². The number of hydrazine groups is 1. The van der Waals surface area contributed by atoms with E-state index >= 15 is 0 Å². The lowest BCUT2D eigenvalue weighted by molar-refractivity contribution is 0.931. The Labute approximate surface area is 309 Å². The van der Waals surface area contributed by atoms with Crippen molar-refractivity contribution in [3.8, 4) is 11.1 Å². The Bertz CT molecular complexity index is 2550. The zero-order chi connectivity index (χ0) is 35.6. The molecule has 0 bridgehead atoms. The molecular weight excluding hydrogens is 647 g/mol. The first-order valence-corrected chi connectivity index (χ1v) is 17.7. The number of fused-ring (bicyclic) bond motifs is 4. The molecule has 0 saturated carbocycles. The first-order chi connectivity index (χ1) is 26.2. The number of aliphatic imine (C=N–C) groups is 1. The molecule has 0 spiro atoms. The van der Waals surface area contributed by atoms with Crippen LogP contribution in [0.15, 0.2) is 181 Å². The van der Waals surface area contributed by atoms with Crippen molar-refractivity contribution in [1.29, 1.82) is 5.41 Å². The van der Waals surface area contributed by atoms with Crippen LogP contribution in [0, 0.1) is 5.41 Å². The summed E-state index contributed by atoms with van der Waals surface area (Å²) in [5.41, 5.74) is 17.3. The maximum Gasteiger partial charge on any atom is 0.154 e. The molecule has 2 N–H and O–H groups in total. The highest BCUT2D eigenvalue weighted by Gasteiger charge is 2.23. The molecule has 0 fully saturated rings. The summed E-state index contributed by atoms with van der Waals surface area (Å²) in [4.78, 5) is 7.22. The SMILES string of the molecule is N=C(N=C(NN1c2ccccc2C=Cc2cc(-c3ccc4c(c3)N(c3ccccc3)c3ccccc3C=C4)ccc21)c1ccccc1)c1ccccc1. The van der Waals surface area contributed by atoms with Gasteiger partial charge in [-0.05, 0) is 64.7 Å². The lowest BCUT2D eigenvalue weighted by Crippen LogP contribution is -2.40. The second-order valence-electron chi connectivity index (χ2n) is 13.0. The van der Waals surface area contributed by atoms with Gasteiger partial charge < -0.3 is 4.90 Å². The summed E-state index contributed by atoms with van der Waals surface area (Å²) >= 11 is 0. The number of benzene rings is 7. The zero-order valence-electron chi connectivity index (χ0n) is 28.9. The third-order valence-corrected chi connectivity index (χ3v) is 9.66. The molecule has 53 heavy (non-hydrogen) atoms. The Morgan fingerprint density at radius 3 is 1.66 bits per heavy atom. The molecule has 0 amide bonds. The maximum atomic E-state index is 8.91. The van der Waals surface area contributed by atoms with Gasteiger partial charge in [0.1, 0.15) is 0 Å². The topological polar surface area (TPSA) is 54.7 Å². The van der Waals surface area contributed by atoms with E-state index in [1.807, 2.05) is 66.7 Å². The Kier molecular flexibility index (Phi) is 8.27. The van der Waals surface area contributed by atoms with Crippen molar-refractivity contribution in [2.24, 2.45) is 4.99 Å². The van der Waals surface area contributed by atoms with Crippen LogP contribution in [0.3, 0.4) is 0 Å². The highest BCUT2D eigenvalue weighted by molar-refractivity contribution is 6.11. The van der Waals surface area contributed by atoms with E-state index in [9.17, 15) is 0 Å². The quantitative estimate of drug-likeness (QED) is 0.140. The zero-order valence-corrected chi connectivity index (χ0v) is 28.9. The van der Waals surface area contributed by atoms with Crippen molar-refractivity contribution in [3.05, 3.63) is 209 Å². The van der Waals surface area contributed by atoms with Crippen LogP contribution in [0.1, 0.15) is 33.4 Å². The van der Waals surface area contributed by atoms with Crippen LogP contribution >= 0.6 is 0 Å². The summed E-state index contributed by atoms with van der Waals surface area (Å²) in [7, 11) is 0. The Balaban J connectivity index is 1.14. The molecule has 5 nitrogen and oxygen atoms in total. The van der Waals surface area contributed by atoms with E-state index in [1.54, 1.807) is 0 Å². The summed E-state index contributed by atoms with van der Waals surface area (Å²) in [6.07, 6.45) is 8.77. The predicted octanol–water partition coefficient (Wildman–Crippen LogP) is 11.9. The Hall–Kier alpha value is -7.24. The second kappa shape index (κ2) is 13.8. The molecule has 0 atom stereocenters. The van der Waals surface area contributed by atoms with Crippen LogP contribution in [0.2, 0.25) is 0 Å². The van der Waals surface area contributed by atoms with Gasteiger partial charge in [0, 0.05) is 27.9 Å². The second-order valence-corrected chi connectivity index (χ2v) is 13.0. The van der Waals surface area contributed by atoms with Crippen LogP contribution in [-0.4, -0.2) is 11.7 Å². The minimum atomic E-state index is 0.180. The minimum Gasteiger partial charge on any atom is -0.309 e. The fourth-order valence-corrected chi connectivity index (χ4v) is 7.02. The summed E-state index contributed by atoms with van der Waals surface area (Å²) in [6.45, 7) is 0. The molecule has 0 aromatic heterocycles. The van der Waals surface area contributed by atoms with Gasteiger partial charge in [0.15, 0.2) is 11.7 Å². The normalized spacial score (nSPS) is 12.9. The summed E-state index contributed by atoms with van der Waals surface area (Å²) in [5.74, 6) is 0.755. The van der Waals surface area contributed by atoms with Crippen LogP contribution in [-0.2, 0) is 0 Å². The molecule has 0 unspecified atom stereocenters. The molecule has 7 aromatic carbocycles. The van der Waals surface area contributed by atoms with E-state index in [2.05, 4.69) is 149 Å². The number of anilines is 5. The number of rotatable bonds is 5. The summed E-state index contributed by atoms with van der Waals surface area (Å²) in [5, 5.41) is 11.0. The smallest absolute Gasteiger partial charge is 0.154 e. The van der Waals surface area contributed by atoms with E-state index in [0.29, 0.717) is 5.84 Å². The number of para-hydroxylation sites is 3. The number of hydrogen-bond donors (Lipinski definition) is 2. The number of amidine groups is 2. The number of nitrogens with one attached hydrogen (secondary N) is 2. The molecule has 5 heteroatoms. The monoisotopic (exact) mass is 681 g/mol. The molecule has 2 heterocycles. The third-order valence-electron chi connectivity index (χ3n) is 9.66. The van der Waals surface area contributed by atoms with Gasteiger partial charge >= 0.3 is 0 Å². The number of nitrogens with zero attached hydrogens (tertiary/aromatic N) is 3. The predicted molar refractivity (Wildman–Crippen MR) is 222 cm³/mol. The van der Waals surface area contributed by atoms with Gasteiger partial charge in [-0.15, -0.1) is 0 Å². The van der Waals surface area contributed by atoms with E-state index in [0.717, 1.165) is 67.4 Å². The standard InChI is InChI=1S/C48H35N5/c49-47(37-16-4-1-5-17-37)50-48(38-18-6-2-7-19-38)51-53-44-23-13-11-15-35(44)27-29-41-32-39(30-31-45(41)53)40-28-26-36-25-24-34-14-10-12-22-43(34)52(46(36)33-40)42-20-8-3-9-21-42/h1-33H,(H2,49,50,51). The molecule has 9 rings (SSSR count). The van der Waals surface area contributed by atoms with Crippen molar-refractivity contribution in [1.82, 2.24) is 5.43 Å².